The third kappa shape index (κ3) is 5.65. The van der Waals surface area contributed by atoms with E-state index in [1.54, 1.807) is 0 Å². The monoisotopic (exact) mass is 477 g/mol. The minimum Gasteiger partial charge on any atom is -0.480 e. The number of hydrogen-bond donors (Lipinski definition) is 3. The van der Waals surface area contributed by atoms with Gasteiger partial charge in [-0.3, -0.25) is 9.59 Å². The van der Waals surface area contributed by atoms with Crippen LogP contribution in [0, 0.1) is 0 Å². The van der Waals surface area contributed by atoms with E-state index in [9.17, 15) is 14.4 Å². The molecule has 3 N–H and O–H groups in total. The van der Waals surface area contributed by atoms with Gasteiger partial charge in [0.1, 0.15) is 24.9 Å². The number of alkyl carbamates (subject to hydrolysis) is 1. The Bertz CT molecular complexity index is 1180. The molecule has 10 heteroatoms. The number of carbonyl (C=O) groups is 3. The van der Waals surface area contributed by atoms with Gasteiger partial charge in [0.25, 0.3) is 0 Å². The highest BCUT2D eigenvalue weighted by Crippen LogP contribution is 2.44. The van der Waals surface area contributed by atoms with Gasteiger partial charge in [-0.1, -0.05) is 67.1 Å². The molecule has 10 nitrogen and oxygen atoms in total. The summed E-state index contributed by atoms with van der Waals surface area (Å²) >= 11 is 0. The molecule has 2 aromatic carbocycles. The molecular formula is C25H27N5O5. The minimum absolute atomic E-state index is 0.0606. The quantitative estimate of drug-likeness (QED) is 0.408. The third-order valence-electron chi connectivity index (χ3n) is 5.86. The molecule has 1 aliphatic carbocycles. The lowest BCUT2D eigenvalue weighted by molar-refractivity contribution is -0.138. The van der Waals surface area contributed by atoms with Crippen molar-refractivity contribution in [2.45, 2.75) is 44.8 Å². The van der Waals surface area contributed by atoms with Crippen molar-refractivity contribution in [3.05, 3.63) is 71.5 Å². The van der Waals surface area contributed by atoms with Crippen molar-refractivity contribution in [2.24, 2.45) is 0 Å². The van der Waals surface area contributed by atoms with E-state index in [4.69, 9.17) is 9.84 Å². The van der Waals surface area contributed by atoms with Crippen LogP contribution >= 0.6 is 0 Å². The molecular weight excluding hydrogens is 450 g/mol. The van der Waals surface area contributed by atoms with E-state index >= 15 is 0 Å². The number of nitrogens with zero attached hydrogens (tertiary/aromatic N) is 3. The van der Waals surface area contributed by atoms with Gasteiger partial charge in [0, 0.05) is 5.92 Å². The third-order valence-corrected chi connectivity index (χ3v) is 5.86. The molecule has 0 aliphatic heterocycles. The first-order valence-corrected chi connectivity index (χ1v) is 11.5. The number of carbonyl (C=O) groups excluding carboxylic acids is 2. The normalized spacial score (nSPS) is 12.9. The number of rotatable bonds is 10. The Morgan fingerprint density at radius 2 is 1.74 bits per heavy atom. The van der Waals surface area contributed by atoms with Gasteiger partial charge in [-0.2, -0.15) is 0 Å². The van der Waals surface area contributed by atoms with Crippen molar-refractivity contribution in [3.63, 3.8) is 0 Å². The SMILES string of the molecule is CCC[C@@H](NC(=O)OCC1c2ccccc2-c2ccccc21)C(=O)NCc1cn(CC(=O)O)nn1. The number of aromatic nitrogens is 3. The summed E-state index contributed by atoms with van der Waals surface area (Å²) in [4.78, 5) is 36.0. The molecule has 0 saturated carbocycles. The van der Waals surface area contributed by atoms with Crippen molar-refractivity contribution >= 4 is 18.0 Å². The van der Waals surface area contributed by atoms with Crippen LogP contribution in [0.3, 0.4) is 0 Å². The Hall–Kier alpha value is -4.21. The van der Waals surface area contributed by atoms with E-state index in [0.717, 1.165) is 22.3 Å². The Morgan fingerprint density at radius 1 is 1.09 bits per heavy atom. The van der Waals surface area contributed by atoms with Crippen LogP contribution in [0.15, 0.2) is 54.7 Å². The van der Waals surface area contributed by atoms with Gasteiger partial charge >= 0.3 is 12.1 Å². The lowest BCUT2D eigenvalue weighted by Gasteiger charge is -2.19. The van der Waals surface area contributed by atoms with Gasteiger partial charge < -0.3 is 20.5 Å². The number of ether oxygens (including phenoxy) is 1. The fraction of sp³-hybridized carbons (Fsp3) is 0.320. The molecule has 0 fully saturated rings. The summed E-state index contributed by atoms with van der Waals surface area (Å²) in [6.07, 6.45) is 1.90. The lowest BCUT2D eigenvalue weighted by Crippen LogP contribution is -2.46. The molecule has 2 amide bonds. The first-order valence-electron chi connectivity index (χ1n) is 11.5. The molecule has 0 bridgehead atoms. The fourth-order valence-electron chi connectivity index (χ4n) is 4.28. The average molecular weight is 478 g/mol. The maximum absolute atomic E-state index is 12.7. The van der Waals surface area contributed by atoms with Crippen molar-refractivity contribution in [3.8, 4) is 11.1 Å². The Labute approximate surface area is 202 Å². The van der Waals surface area contributed by atoms with E-state index in [0.29, 0.717) is 18.5 Å². The summed E-state index contributed by atoms with van der Waals surface area (Å²) in [6, 6.07) is 15.4. The maximum atomic E-state index is 12.7. The molecule has 0 saturated heterocycles. The van der Waals surface area contributed by atoms with E-state index in [1.807, 2.05) is 43.3 Å². The van der Waals surface area contributed by atoms with Crippen LogP contribution in [0.5, 0.6) is 0 Å². The molecule has 1 heterocycles. The van der Waals surface area contributed by atoms with E-state index in [1.165, 1.54) is 10.9 Å². The minimum atomic E-state index is -1.04. The lowest BCUT2D eigenvalue weighted by atomic mass is 9.98. The highest BCUT2D eigenvalue weighted by Gasteiger charge is 2.29. The zero-order chi connectivity index (χ0) is 24.8. The Morgan fingerprint density at radius 3 is 2.37 bits per heavy atom. The highest BCUT2D eigenvalue weighted by atomic mass is 16.5. The Balaban J connectivity index is 1.33. The predicted octanol–water partition coefficient (Wildman–Crippen LogP) is 2.69. The first-order chi connectivity index (χ1) is 17.0. The number of benzene rings is 2. The van der Waals surface area contributed by atoms with Crippen molar-refractivity contribution in [1.29, 1.82) is 0 Å². The Kier molecular flexibility index (Phi) is 7.39. The van der Waals surface area contributed by atoms with Gasteiger partial charge in [0.2, 0.25) is 5.91 Å². The molecule has 1 atom stereocenters. The number of carboxylic acids is 1. The number of aliphatic carboxylic acids is 1. The zero-order valence-electron chi connectivity index (χ0n) is 19.3. The number of carboxylic acid groups (broad SMARTS) is 1. The van der Waals surface area contributed by atoms with Gasteiger partial charge in [0.05, 0.1) is 12.7 Å². The van der Waals surface area contributed by atoms with Gasteiger partial charge in [-0.25, -0.2) is 9.48 Å². The molecule has 3 aromatic rings. The van der Waals surface area contributed by atoms with Crippen molar-refractivity contribution in [1.82, 2.24) is 25.6 Å². The van der Waals surface area contributed by atoms with Gasteiger partial charge in [0.15, 0.2) is 0 Å². The topological polar surface area (TPSA) is 135 Å². The van der Waals surface area contributed by atoms with E-state index in [-0.39, 0.29) is 31.5 Å². The van der Waals surface area contributed by atoms with E-state index in [2.05, 4.69) is 33.1 Å². The molecule has 1 aliphatic rings. The molecule has 0 spiro atoms. The van der Waals surface area contributed by atoms with Crippen LogP contribution in [0.4, 0.5) is 4.79 Å². The molecule has 0 unspecified atom stereocenters. The molecule has 4 rings (SSSR count). The highest BCUT2D eigenvalue weighted by molar-refractivity contribution is 5.85. The van der Waals surface area contributed by atoms with Crippen LogP contribution in [0.25, 0.3) is 11.1 Å². The van der Waals surface area contributed by atoms with Gasteiger partial charge in [-0.15, -0.1) is 5.10 Å². The van der Waals surface area contributed by atoms with Crippen LogP contribution in [-0.4, -0.2) is 50.7 Å². The predicted molar refractivity (Wildman–Crippen MR) is 126 cm³/mol. The number of amides is 2. The average Bonchev–Trinajstić information content (AvgIpc) is 3.42. The second-order valence-corrected chi connectivity index (χ2v) is 8.33. The summed E-state index contributed by atoms with van der Waals surface area (Å²) < 4.78 is 6.73. The maximum Gasteiger partial charge on any atom is 0.407 e. The van der Waals surface area contributed by atoms with Crippen LogP contribution < -0.4 is 10.6 Å². The molecule has 182 valence electrons. The van der Waals surface area contributed by atoms with E-state index < -0.39 is 18.1 Å². The first kappa shape index (κ1) is 23.9. The molecule has 35 heavy (non-hydrogen) atoms. The summed E-state index contributed by atoms with van der Waals surface area (Å²) in [6.45, 7) is 1.82. The van der Waals surface area contributed by atoms with Crippen molar-refractivity contribution < 1.29 is 24.2 Å². The number of fused-ring (bicyclic) bond motifs is 3. The van der Waals surface area contributed by atoms with Gasteiger partial charge in [-0.05, 0) is 28.7 Å². The summed E-state index contributed by atoms with van der Waals surface area (Å²) in [5, 5.41) is 21.7. The smallest absolute Gasteiger partial charge is 0.407 e. The zero-order valence-corrected chi connectivity index (χ0v) is 19.3. The molecule has 1 aromatic heterocycles. The standard InChI is InChI=1S/C25H27N5O5/c1-2-7-22(24(33)26-12-16-13-30(29-28-16)14-23(31)32)27-25(34)35-15-21-19-10-5-3-8-17(19)18-9-4-6-11-20(18)21/h3-6,8-11,13,21-22H,2,7,12,14-15H2,1H3,(H,26,33)(H,27,34)(H,31,32)/t22-/m1/s1. The summed E-state index contributed by atoms with van der Waals surface area (Å²) in [5.74, 6) is -1.49. The summed E-state index contributed by atoms with van der Waals surface area (Å²) in [5.41, 5.74) is 4.91. The fourth-order valence-corrected chi connectivity index (χ4v) is 4.28. The van der Waals surface area contributed by atoms with Crippen LogP contribution in [0.1, 0.15) is 42.5 Å². The molecule has 0 radical (unpaired) electrons. The van der Waals surface area contributed by atoms with Crippen molar-refractivity contribution in [2.75, 3.05) is 6.61 Å². The largest absolute Gasteiger partial charge is 0.480 e. The number of nitrogens with one attached hydrogen (secondary N) is 2. The van der Waals surface area contributed by atoms with Crippen LogP contribution in [0.2, 0.25) is 0 Å². The number of hydrogen-bond acceptors (Lipinski definition) is 6. The second kappa shape index (κ2) is 10.8. The van der Waals surface area contributed by atoms with Crippen LogP contribution in [-0.2, 0) is 27.4 Å². The summed E-state index contributed by atoms with van der Waals surface area (Å²) in [7, 11) is 0. The second-order valence-electron chi connectivity index (χ2n) is 8.33.